The second kappa shape index (κ2) is 3.65. The third-order valence-corrected chi connectivity index (χ3v) is 1.95. The third kappa shape index (κ3) is 1.81. The number of aromatic nitrogens is 2. The molecule has 1 aromatic rings. The summed E-state index contributed by atoms with van der Waals surface area (Å²) in [4.78, 5) is 8.84. The number of hydrogen-bond acceptors (Lipinski definition) is 2. The van der Waals surface area contributed by atoms with Crippen LogP contribution < -0.4 is 0 Å². The minimum absolute atomic E-state index is 0.476. The maximum absolute atomic E-state index is 4.53. The summed E-state index contributed by atoms with van der Waals surface area (Å²) in [5, 5.41) is 0. The van der Waals surface area contributed by atoms with Gasteiger partial charge in [0, 0.05) is 6.20 Å². The molecule has 1 rings (SSSR count). The van der Waals surface area contributed by atoms with Crippen LogP contribution in [0.5, 0.6) is 0 Å². The third-order valence-electron chi connectivity index (χ3n) is 1.95. The fraction of sp³-hybridized carbons (Fsp3) is 0.600. The molecule has 0 amide bonds. The van der Waals surface area contributed by atoms with Gasteiger partial charge in [0.25, 0.3) is 0 Å². The highest BCUT2D eigenvalue weighted by Gasteiger charge is 2.06. The smallest absolute Gasteiger partial charge is 0.0644 e. The Kier molecular flexibility index (Phi) is 2.79. The second-order valence-electron chi connectivity index (χ2n) is 3.34. The zero-order valence-corrected chi connectivity index (χ0v) is 8.26. The van der Waals surface area contributed by atoms with Crippen LogP contribution in [-0.4, -0.2) is 9.97 Å². The topological polar surface area (TPSA) is 25.8 Å². The molecule has 0 radical (unpaired) electrons. The first kappa shape index (κ1) is 9.17. The fourth-order valence-electron chi connectivity index (χ4n) is 1.22. The predicted octanol–water partition coefficient (Wildman–Crippen LogP) is 2.47. The van der Waals surface area contributed by atoms with E-state index in [4.69, 9.17) is 0 Å². The van der Waals surface area contributed by atoms with Crippen LogP contribution >= 0.6 is 0 Å². The minimum atomic E-state index is 0.476. The molecule has 0 aliphatic carbocycles. The van der Waals surface area contributed by atoms with Gasteiger partial charge >= 0.3 is 0 Å². The molecule has 0 N–H and O–H groups in total. The first-order chi connectivity index (χ1) is 5.65. The van der Waals surface area contributed by atoms with E-state index < -0.39 is 0 Å². The van der Waals surface area contributed by atoms with Gasteiger partial charge in [0.15, 0.2) is 0 Å². The summed E-state index contributed by atoms with van der Waals surface area (Å²) in [6.07, 6.45) is 2.83. The van der Waals surface area contributed by atoms with Crippen molar-refractivity contribution in [3.8, 4) is 0 Å². The highest BCUT2D eigenvalue weighted by molar-refractivity contribution is 5.15. The molecule has 0 bridgehead atoms. The lowest BCUT2D eigenvalue weighted by atomic mass is 10.1. The Morgan fingerprint density at radius 2 is 2.08 bits per heavy atom. The minimum Gasteiger partial charge on any atom is -0.258 e. The molecule has 1 heterocycles. The van der Waals surface area contributed by atoms with E-state index in [-0.39, 0.29) is 0 Å². The van der Waals surface area contributed by atoms with Gasteiger partial charge in [0.05, 0.1) is 17.1 Å². The lowest BCUT2D eigenvalue weighted by Crippen LogP contribution is -2.02. The molecule has 0 aliphatic heterocycles. The maximum atomic E-state index is 4.53. The molecule has 0 saturated carbocycles. The first-order valence-electron chi connectivity index (χ1n) is 4.47. The van der Waals surface area contributed by atoms with Gasteiger partial charge in [-0.15, -0.1) is 0 Å². The van der Waals surface area contributed by atoms with Gasteiger partial charge < -0.3 is 0 Å². The SMILES string of the molecule is CCc1cnc(C)c(C(C)C)n1. The van der Waals surface area contributed by atoms with Gasteiger partial charge in [0.1, 0.15) is 0 Å². The van der Waals surface area contributed by atoms with E-state index in [2.05, 4.69) is 30.7 Å². The van der Waals surface area contributed by atoms with Crippen molar-refractivity contribution in [1.29, 1.82) is 0 Å². The molecule has 0 atom stereocenters. The lowest BCUT2D eigenvalue weighted by molar-refractivity contribution is 0.777. The summed E-state index contributed by atoms with van der Waals surface area (Å²) in [6, 6.07) is 0. The Balaban J connectivity index is 3.08. The molecule has 0 saturated heterocycles. The van der Waals surface area contributed by atoms with E-state index in [0.717, 1.165) is 23.5 Å². The average molecular weight is 164 g/mol. The predicted molar refractivity (Wildman–Crippen MR) is 50.2 cm³/mol. The van der Waals surface area contributed by atoms with Crippen molar-refractivity contribution in [2.24, 2.45) is 0 Å². The van der Waals surface area contributed by atoms with Gasteiger partial charge in [-0.2, -0.15) is 0 Å². The molecule has 12 heavy (non-hydrogen) atoms. The zero-order chi connectivity index (χ0) is 9.14. The molecule has 0 spiro atoms. The monoisotopic (exact) mass is 164 g/mol. The van der Waals surface area contributed by atoms with Crippen LogP contribution in [0.4, 0.5) is 0 Å². The van der Waals surface area contributed by atoms with E-state index in [0.29, 0.717) is 5.92 Å². The number of rotatable bonds is 2. The van der Waals surface area contributed by atoms with Gasteiger partial charge in [-0.1, -0.05) is 20.8 Å². The average Bonchev–Trinajstić information content (AvgIpc) is 2.05. The molecule has 1 aromatic heterocycles. The summed E-state index contributed by atoms with van der Waals surface area (Å²) in [7, 11) is 0. The van der Waals surface area contributed by atoms with Crippen LogP contribution in [0.25, 0.3) is 0 Å². The summed E-state index contributed by atoms with van der Waals surface area (Å²) in [6.45, 7) is 8.41. The van der Waals surface area contributed by atoms with Crippen molar-refractivity contribution >= 4 is 0 Å². The summed E-state index contributed by atoms with van der Waals surface area (Å²) < 4.78 is 0. The van der Waals surface area contributed by atoms with Crippen molar-refractivity contribution in [2.75, 3.05) is 0 Å². The molecular formula is C10H16N2. The highest BCUT2D eigenvalue weighted by Crippen LogP contribution is 2.14. The van der Waals surface area contributed by atoms with Crippen LogP contribution in [0.1, 0.15) is 43.8 Å². The van der Waals surface area contributed by atoms with E-state index in [1.807, 2.05) is 13.1 Å². The van der Waals surface area contributed by atoms with E-state index in [9.17, 15) is 0 Å². The molecule has 66 valence electrons. The van der Waals surface area contributed by atoms with Crippen LogP contribution in [-0.2, 0) is 6.42 Å². The fourth-order valence-corrected chi connectivity index (χ4v) is 1.22. The first-order valence-corrected chi connectivity index (χ1v) is 4.47. The molecular weight excluding hydrogens is 148 g/mol. The molecule has 0 aliphatic rings. The highest BCUT2D eigenvalue weighted by atomic mass is 14.8. The largest absolute Gasteiger partial charge is 0.258 e. The van der Waals surface area contributed by atoms with Crippen LogP contribution in [0.15, 0.2) is 6.20 Å². The van der Waals surface area contributed by atoms with Crippen molar-refractivity contribution in [2.45, 2.75) is 40.0 Å². The normalized spacial score (nSPS) is 10.8. The standard InChI is InChI=1S/C10H16N2/c1-5-9-6-11-8(4)10(12-9)7(2)3/h6-7H,5H2,1-4H3. The number of aryl methyl sites for hydroxylation is 2. The van der Waals surface area contributed by atoms with Crippen LogP contribution in [0, 0.1) is 6.92 Å². The summed E-state index contributed by atoms with van der Waals surface area (Å²) in [5.74, 6) is 0.476. The van der Waals surface area contributed by atoms with Crippen molar-refractivity contribution in [3.63, 3.8) is 0 Å². The zero-order valence-electron chi connectivity index (χ0n) is 8.26. The van der Waals surface area contributed by atoms with E-state index in [1.165, 1.54) is 0 Å². The Bertz CT molecular complexity index is 267. The van der Waals surface area contributed by atoms with Gasteiger partial charge in [0.2, 0.25) is 0 Å². The molecule has 2 nitrogen and oxygen atoms in total. The Morgan fingerprint density at radius 1 is 1.42 bits per heavy atom. The maximum Gasteiger partial charge on any atom is 0.0644 e. The van der Waals surface area contributed by atoms with Gasteiger partial charge in [-0.05, 0) is 19.3 Å². The number of hydrogen-bond donors (Lipinski definition) is 0. The van der Waals surface area contributed by atoms with Gasteiger partial charge in [-0.3, -0.25) is 9.97 Å². The quantitative estimate of drug-likeness (QED) is 0.671. The summed E-state index contributed by atoms with van der Waals surface area (Å²) >= 11 is 0. The van der Waals surface area contributed by atoms with Crippen LogP contribution in [0.2, 0.25) is 0 Å². The van der Waals surface area contributed by atoms with E-state index in [1.54, 1.807) is 0 Å². The summed E-state index contributed by atoms with van der Waals surface area (Å²) in [5.41, 5.74) is 3.28. The molecule has 0 unspecified atom stereocenters. The Morgan fingerprint density at radius 3 is 2.58 bits per heavy atom. The van der Waals surface area contributed by atoms with Gasteiger partial charge in [-0.25, -0.2) is 0 Å². The van der Waals surface area contributed by atoms with Crippen molar-refractivity contribution in [3.05, 3.63) is 23.3 Å². The van der Waals surface area contributed by atoms with Crippen molar-refractivity contribution in [1.82, 2.24) is 9.97 Å². The van der Waals surface area contributed by atoms with Crippen molar-refractivity contribution < 1.29 is 0 Å². The lowest BCUT2D eigenvalue weighted by Gasteiger charge is -2.08. The molecule has 0 fully saturated rings. The molecule has 0 aromatic carbocycles. The van der Waals surface area contributed by atoms with E-state index >= 15 is 0 Å². The van der Waals surface area contributed by atoms with Crippen LogP contribution in [0.3, 0.4) is 0 Å². The Hall–Kier alpha value is -0.920. The Labute approximate surface area is 74.1 Å². The number of nitrogens with zero attached hydrogens (tertiary/aromatic N) is 2. The second-order valence-corrected chi connectivity index (χ2v) is 3.34. The molecule has 2 heteroatoms.